The summed E-state index contributed by atoms with van der Waals surface area (Å²) in [6.45, 7) is 0.504. The molecule has 1 aromatic carbocycles. The fraction of sp³-hybridized carbons (Fsp3) is 0.529. The quantitative estimate of drug-likeness (QED) is 0.676. The lowest BCUT2D eigenvalue weighted by molar-refractivity contribution is -0.118. The maximum absolute atomic E-state index is 12.3. The van der Waals surface area contributed by atoms with E-state index in [-0.39, 0.29) is 39.9 Å². The van der Waals surface area contributed by atoms with Crippen LogP contribution in [0.5, 0.6) is 11.5 Å². The van der Waals surface area contributed by atoms with Gasteiger partial charge in [0.2, 0.25) is 0 Å². The molecule has 1 aliphatic rings. The summed E-state index contributed by atoms with van der Waals surface area (Å²) in [5, 5.41) is 22.5. The largest absolute Gasteiger partial charge is 0.507 e. The van der Waals surface area contributed by atoms with E-state index in [1.54, 1.807) is 0 Å². The van der Waals surface area contributed by atoms with Crippen LogP contribution in [-0.4, -0.2) is 28.4 Å². The minimum Gasteiger partial charge on any atom is -0.507 e. The van der Waals surface area contributed by atoms with E-state index >= 15 is 0 Å². The molecule has 0 aromatic heterocycles. The summed E-state index contributed by atoms with van der Waals surface area (Å²) in [5.41, 5.74) is 0.182. The second-order valence-electron chi connectivity index (χ2n) is 5.93. The zero-order chi connectivity index (χ0) is 16.8. The van der Waals surface area contributed by atoms with Crippen LogP contribution in [0.1, 0.15) is 60.9 Å². The summed E-state index contributed by atoms with van der Waals surface area (Å²) in [7, 11) is 0. The summed E-state index contributed by atoms with van der Waals surface area (Å²) >= 11 is 6.07. The number of Topliss-reactive ketones (excluding diaryl/α,β-unsaturated/α-hetero) is 1. The molecule has 0 spiro atoms. The van der Waals surface area contributed by atoms with Gasteiger partial charge in [-0.15, -0.1) is 0 Å². The van der Waals surface area contributed by atoms with Gasteiger partial charge < -0.3 is 15.5 Å². The second kappa shape index (κ2) is 8.20. The Hall–Kier alpha value is -1.75. The van der Waals surface area contributed by atoms with Crippen molar-refractivity contribution >= 4 is 23.3 Å². The van der Waals surface area contributed by atoms with Gasteiger partial charge in [-0.2, -0.15) is 0 Å². The lowest BCUT2D eigenvalue weighted by Crippen LogP contribution is -2.26. The third-order valence-electron chi connectivity index (χ3n) is 4.09. The number of hydrogen-bond acceptors (Lipinski definition) is 4. The zero-order valence-corrected chi connectivity index (χ0v) is 13.8. The van der Waals surface area contributed by atoms with Crippen molar-refractivity contribution in [3.8, 4) is 11.5 Å². The SMILES string of the molecule is O=C1CCCCCCCCNC(=O)c2c(O)cc(O)c(Cl)c2C1. The van der Waals surface area contributed by atoms with Gasteiger partial charge in [-0.3, -0.25) is 9.59 Å². The van der Waals surface area contributed by atoms with Crippen molar-refractivity contribution in [3.63, 3.8) is 0 Å². The molecule has 0 fully saturated rings. The van der Waals surface area contributed by atoms with Crippen molar-refractivity contribution in [2.75, 3.05) is 6.54 Å². The number of amides is 1. The lowest BCUT2D eigenvalue weighted by atomic mass is 9.97. The smallest absolute Gasteiger partial charge is 0.255 e. The molecule has 3 N–H and O–H groups in total. The molecule has 1 amide bonds. The number of fused-ring (bicyclic) bond motifs is 1. The number of benzene rings is 1. The number of aromatic hydroxyl groups is 2. The van der Waals surface area contributed by atoms with Crippen molar-refractivity contribution in [1.29, 1.82) is 0 Å². The molecule has 0 saturated heterocycles. The minimum atomic E-state index is -0.468. The number of phenolic OH excluding ortho intramolecular Hbond substituents is 2. The van der Waals surface area contributed by atoms with Gasteiger partial charge in [-0.05, 0) is 18.4 Å². The van der Waals surface area contributed by atoms with Crippen LogP contribution >= 0.6 is 11.6 Å². The Bertz CT molecular complexity index is 601. The predicted molar refractivity (Wildman–Crippen MR) is 88.1 cm³/mol. The summed E-state index contributed by atoms with van der Waals surface area (Å²) in [6.07, 6.45) is 6.21. The van der Waals surface area contributed by atoms with Crippen LogP contribution in [0, 0.1) is 0 Å². The van der Waals surface area contributed by atoms with E-state index in [1.165, 1.54) is 0 Å². The summed E-state index contributed by atoms with van der Waals surface area (Å²) < 4.78 is 0. The minimum absolute atomic E-state index is 0.0155. The van der Waals surface area contributed by atoms with Gasteiger partial charge in [0, 0.05) is 25.5 Å². The topological polar surface area (TPSA) is 86.6 Å². The standard InChI is InChI=1S/C17H22ClNO4/c18-16-12-9-11(20)7-5-3-1-2-4-6-8-19-17(23)15(12)13(21)10-14(16)22/h10,21-22H,1-9H2,(H,19,23). The van der Waals surface area contributed by atoms with E-state index in [0.29, 0.717) is 13.0 Å². The maximum Gasteiger partial charge on any atom is 0.255 e. The zero-order valence-electron chi connectivity index (χ0n) is 13.0. The molecule has 1 aliphatic heterocycles. The highest BCUT2D eigenvalue weighted by atomic mass is 35.5. The van der Waals surface area contributed by atoms with E-state index in [2.05, 4.69) is 5.32 Å². The van der Waals surface area contributed by atoms with Crippen molar-refractivity contribution in [2.45, 2.75) is 51.4 Å². The Morgan fingerprint density at radius 1 is 0.957 bits per heavy atom. The summed E-state index contributed by atoms with van der Waals surface area (Å²) in [6, 6.07) is 1.04. The number of carbonyl (C=O) groups is 2. The molecule has 126 valence electrons. The van der Waals surface area contributed by atoms with E-state index < -0.39 is 5.91 Å². The molecule has 5 nitrogen and oxygen atoms in total. The van der Waals surface area contributed by atoms with Crippen molar-refractivity contribution in [1.82, 2.24) is 5.32 Å². The van der Waals surface area contributed by atoms with Crippen LogP contribution in [0.2, 0.25) is 5.02 Å². The molecule has 0 saturated carbocycles. The molecule has 0 radical (unpaired) electrons. The molecule has 23 heavy (non-hydrogen) atoms. The Labute approximate surface area is 140 Å². The van der Waals surface area contributed by atoms with Crippen LogP contribution in [0.4, 0.5) is 0 Å². The predicted octanol–water partition coefficient (Wildman–Crippen LogP) is 3.34. The maximum atomic E-state index is 12.3. The Morgan fingerprint density at radius 2 is 1.61 bits per heavy atom. The van der Waals surface area contributed by atoms with Crippen molar-refractivity contribution in [2.24, 2.45) is 0 Å². The van der Waals surface area contributed by atoms with Crippen LogP contribution in [0.25, 0.3) is 0 Å². The molecule has 1 aromatic rings. The first-order valence-electron chi connectivity index (χ1n) is 8.04. The number of carbonyl (C=O) groups excluding carboxylic acids is 2. The van der Waals surface area contributed by atoms with Gasteiger partial charge in [0.15, 0.2) is 0 Å². The van der Waals surface area contributed by atoms with E-state index in [9.17, 15) is 19.8 Å². The van der Waals surface area contributed by atoms with Gasteiger partial charge in [0.25, 0.3) is 5.91 Å². The molecule has 6 heteroatoms. The fourth-order valence-corrected chi connectivity index (χ4v) is 3.05. The molecule has 0 aliphatic carbocycles. The summed E-state index contributed by atoms with van der Waals surface area (Å²) in [5.74, 6) is -1.21. The first-order valence-corrected chi connectivity index (χ1v) is 8.41. The first-order chi connectivity index (χ1) is 11.0. The van der Waals surface area contributed by atoms with E-state index in [4.69, 9.17) is 11.6 Å². The monoisotopic (exact) mass is 339 g/mol. The van der Waals surface area contributed by atoms with Gasteiger partial charge in [-0.25, -0.2) is 0 Å². The molecular formula is C17H22ClNO4. The third-order valence-corrected chi connectivity index (χ3v) is 4.51. The average Bonchev–Trinajstić information content (AvgIpc) is 2.50. The van der Waals surface area contributed by atoms with Crippen molar-refractivity contribution in [3.05, 3.63) is 22.2 Å². The normalized spacial score (nSPS) is 18.0. The number of rotatable bonds is 0. The molecule has 0 atom stereocenters. The average molecular weight is 340 g/mol. The van der Waals surface area contributed by atoms with Crippen LogP contribution in [0.15, 0.2) is 6.07 Å². The number of halogens is 1. The van der Waals surface area contributed by atoms with Crippen LogP contribution < -0.4 is 5.32 Å². The molecule has 1 heterocycles. The molecule has 0 bridgehead atoms. The fourth-order valence-electron chi connectivity index (χ4n) is 2.83. The highest BCUT2D eigenvalue weighted by molar-refractivity contribution is 6.33. The molecular weight excluding hydrogens is 318 g/mol. The Balaban J connectivity index is 2.35. The number of ketones is 1. The number of phenols is 2. The number of nitrogens with one attached hydrogen (secondary N) is 1. The van der Waals surface area contributed by atoms with Crippen LogP contribution in [0.3, 0.4) is 0 Å². The van der Waals surface area contributed by atoms with Crippen molar-refractivity contribution < 1.29 is 19.8 Å². The van der Waals surface area contributed by atoms with Gasteiger partial charge in [-0.1, -0.05) is 37.3 Å². The van der Waals surface area contributed by atoms with Crippen LogP contribution in [-0.2, 0) is 11.2 Å². The third kappa shape index (κ3) is 4.61. The van der Waals surface area contributed by atoms with E-state index in [1.807, 2.05) is 0 Å². The van der Waals surface area contributed by atoms with Gasteiger partial charge in [0.1, 0.15) is 17.3 Å². The highest BCUT2D eigenvalue weighted by Gasteiger charge is 2.23. The Morgan fingerprint density at radius 3 is 2.35 bits per heavy atom. The summed E-state index contributed by atoms with van der Waals surface area (Å²) in [4.78, 5) is 24.5. The van der Waals surface area contributed by atoms with Gasteiger partial charge >= 0.3 is 0 Å². The highest BCUT2D eigenvalue weighted by Crippen LogP contribution is 2.36. The lowest BCUT2D eigenvalue weighted by Gasteiger charge is -2.15. The second-order valence-corrected chi connectivity index (χ2v) is 6.30. The van der Waals surface area contributed by atoms with Gasteiger partial charge in [0.05, 0.1) is 10.6 Å². The first kappa shape index (κ1) is 17.6. The Kier molecular flexibility index (Phi) is 6.28. The molecule has 0 unspecified atom stereocenters. The molecule has 2 rings (SSSR count). The number of hydrogen-bond donors (Lipinski definition) is 3. The van der Waals surface area contributed by atoms with E-state index in [0.717, 1.165) is 44.6 Å².